The van der Waals surface area contributed by atoms with Gasteiger partial charge in [0.05, 0.1) is 5.56 Å². The van der Waals surface area contributed by atoms with Crippen molar-refractivity contribution in [3.63, 3.8) is 0 Å². The molecule has 1 rings (SSSR count). The van der Waals surface area contributed by atoms with E-state index >= 15 is 0 Å². The molecule has 0 aliphatic rings. The van der Waals surface area contributed by atoms with E-state index in [1.807, 2.05) is 20.8 Å². The van der Waals surface area contributed by atoms with E-state index in [2.05, 4.69) is 5.32 Å². The van der Waals surface area contributed by atoms with E-state index in [-0.39, 0.29) is 11.5 Å². The average molecular weight is 305 g/mol. The standard InChI is InChI=1S/C16H23F4N/c1-4-9-21-15(11(5-2)6-3)13-10-12(17)7-8-14(13)16(18,19)20/h7-8,10-11,15,21H,4-6,9H2,1-3H3. The highest BCUT2D eigenvalue weighted by Crippen LogP contribution is 2.38. The number of nitrogens with one attached hydrogen (secondary N) is 1. The van der Waals surface area contributed by atoms with Crippen molar-refractivity contribution >= 4 is 0 Å². The largest absolute Gasteiger partial charge is 0.416 e. The minimum Gasteiger partial charge on any atom is -0.310 e. The van der Waals surface area contributed by atoms with Gasteiger partial charge in [-0.2, -0.15) is 13.2 Å². The van der Waals surface area contributed by atoms with Crippen molar-refractivity contribution in [2.24, 2.45) is 5.92 Å². The lowest BCUT2D eigenvalue weighted by atomic mass is 9.86. The molecule has 1 atom stereocenters. The second-order valence-corrected chi connectivity index (χ2v) is 5.24. The number of hydrogen-bond acceptors (Lipinski definition) is 1. The number of alkyl halides is 3. The van der Waals surface area contributed by atoms with E-state index in [0.29, 0.717) is 6.54 Å². The van der Waals surface area contributed by atoms with Crippen molar-refractivity contribution in [1.29, 1.82) is 0 Å². The molecule has 0 bridgehead atoms. The Kier molecular flexibility index (Phi) is 6.65. The van der Waals surface area contributed by atoms with Crippen LogP contribution in [0.15, 0.2) is 18.2 Å². The van der Waals surface area contributed by atoms with Crippen molar-refractivity contribution in [1.82, 2.24) is 5.32 Å². The molecule has 0 aliphatic heterocycles. The first kappa shape index (κ1) is 18.0. The van der Waals surface area contributed by atoms with Gasteiger partial charge < -0.3 is 5.32 Å². The predicted molar refractivity (Wildman–Crippen MR) is 76.5 cm³/mol. The van der Waals surface area contributed by atoms with Crippen LogP contribution in [0.4, 0.5) is 17.6 Å². The Labute approximate surface area is 123 Å². The molecule has 1 aromatic rings. The van der Waals surface area contributed by atoms with E-state index in [1.165, 1.54) is 0 Å². The van der Waals surface area contributed by atoms with Gasteiger partial charge in [-0.05, 0) is 42.6 Å². The highest BCUT2D eigenvalue weighted by molar-refractivity contribution is 5.33. The SMILES string of the molecule is CCCNC(c1cc(F)ccc1C(F)(F)F)C(CC)CC. The third kappa shape index (κ3) is 4.70. The second kappa shape index (κ2) is 7.78. The van der Waals surface area contributed by atoms with E-state index in [0.717, 1.165) is 37.5 Å². The molecule has 120 valence electrons. The molecule has 0 heterocycles. The average Bonchev–Trinajstić information content (AvgIpc) is 2.42. The molecule has 0 saturated carbocycles. The molecule has 0 spiro atoms. The summed E-state index contributed by atoms with van der Waals surface area (Å²) in [7, 11) is 0. The molecule has 1 aromatic carbocycles. The second-order valence-electron chi connectivity index (χ2n) is 5.24. The van der Waals surface area contributed by atoms with E-state index < -0.39 is 23.6 Å². The Hall–Kier alpha value is -1.10. The Morgan fingerprint density at radius 3 is 2.19 bits per heavy atom. The molecular weight excluding hydrogens is 282 g/mol. The monoisotopic (exact) mass is 305 g/mol. The molecule has 0 fully saturated rings. The Morgan fingerprint density at radius 2 is 1.71 bits per heavy atom. The lowest BCUT2D eigenvalue weighted by Crippen LogP contribution is -2.30. The fourth-order valence-electron chi connectivity index (χ4n) is 2.64. The quantitative estimate of drug-likeness (QED) is 0.672. The summed E-state index contributed by atoms with van der Waals surface area (Å²) in [6, 6.07) is 2.25. The Bertz CT molecular complexity index is 438. The van der Waals surface area contributed by atoms with Gasteiger partial charge in [-0.25, -0.2) is 4.39 Å². The maximum Gasteiger partial charge on any atom is 0.416 e. The highest BCUT2D eigenvalue weighted by Gasteiger charge is 2.36. The van der Waals surface area contributed by atoms with Crippen molar-refractivity contribution in [3.8, 4) is 0 Å². The van der Waals surface area contributed by atoms with Crippen molar-refractivity contribution in [2.75, 3.05) is 6.54 Å². The molecule has 0 amide bonds. The van der Waals surface area contributed by atoms with Crippen molar-refractivity contribution in [2.45, 2.75) is 52.3 Å². The van der Waals surface area contributed by atoms with Crippen LogP contribution < -0.4 is 5.32 Å². The molecule has 0 aliphatic carbocycles. The predicted octanol–water partition coefficient (Wildman–Crippen LogP) is 5.32. The topological polar surface area (TPSA) is 12.0 Å². The first-order chi connectivity index (χ1) is 9.85. The van der Waals surface area contributed by atoms with Crippen LogP contribution in [0.25, 0.3) is 0 Å². The molecular formula is C16H23F4N. The molecule has 21 heavy (non-hydrogen) atoms. The summed E-state index contributed by atoms with van der Waals surface area (Å²) in [5.41, 5.74) is -0.728. The van der Waals surface area contributed by atoms with Gasteiger partial charge in [0, 0.05) is 6.04 Å². The van der Waals surface area contributed by atoms with Gasteiger partial charge in [0.1, 0.15) is 5.82 Å². The van der Waals surface area contributed by atoms with E-state index in [9.17, 15) is 17.6 Å². The summed E-state index contributed by atoms with van der Waals surface area (Å²) >= 11 is 0. The minimum atomic E-state index is -4.47. The third-order valence-electron chi connectivity index (χ3n) is 3.79. The first-order valence-electron chi connectivity index (χ1n) is 7.45. The summed E-state index contributed by atoms with van der Waals surface area (Å²) in [6.07, 6.45) is -2.17. The van der Waals surface area contributed by atoms with Gasteiger partial charge in [0.2, 0.25) is 0 Å². The molecule has 1 N–H and O–H groups in total. The van der Waals surface area contributed by atoms with Crippen LogP contribution in [0.1, 0.15) is 57.2 Å². The summed E-state index contributed by atoms with van der Waals surface area (Å²) in [6.45, 7) is 6.45. The molecule has 0 radical (unpaired) electrons. The van der Waals surface area contributed by atoms with Gasteiger partial charge in [-0.3, -0.25) is 0 Å². The van der Waals surface area contributed by atoms with Crippen LogP contribution in [-0.4, -0.2) is 6.54 Å². The fourth-order valence-corrected chi connectivity index (χ4v) is 2.64. The highest BCUT2D eigenvalue weighted by atomic mass is 19.4. The van der Waals surface area contributed by atoms with Gasteiger partial charge >= 0.3 is 6.18 Å². The smallest absolute Gasteiger partial charge is 0.310 e. The first-order valence-corrected chi connectivity index (χ1v) is 7.45. The summed E-state index contributed by atoms with van der Waals surface area (Å²) in [5.74, 6) is -0.591. The number of halogens is 4. The molecule has 5 heteroatoms. The number of rotatable bonds is 7. The van der Waals surface area contributed by atoms with Crippen LogP contribution in [0.3, 0.4) is 0 Å². The van der Waals surface area contributed by atoms with Gasteiger partial charge in [0.15, 0.2) is 0 Å². The van der Waals surface area contributed by atoms with Crippen LogP contribution in [-0.2, 0) is 6.18 Å². The van der Waals surface area contributed by atoms with Gasteiger partial charge in [-0.1, -0.05) is 33.6 Å². The lowest BCUT2D eigenvalue weighted by molar-refractivity contribution is -0.138. The number of benzene rings is 1. The van der Waals surface area contributed by atoms with Crippen LogP contribution in [0.2, 0.25) is 0 Å². The summed E-state index contributed by atoms with van der Waals surface area (Å²) < 4.78 is 53.0. The zero-order valence-electron chi connectivity index (χ0n) is 12.7. The Balaban J connectivity index is 3.30. The van der Waals surface area contributed by atoms with Gasteiger partial charge in [-0.15, -0.1) is 0 Å². The summed E-state index contributed by atoms with van der Waals surface area (Å²) in [5, 5.41) is 3.16. The van der Waals surface area contributed by atoms with E-state index in [1.54, 1.807) is 0 Å². The zero-order valence-corrected chi connectivity index (χ0v) is 12.7. The molecule has 0 aromatic heterocycles. The molecule has 1 unspecified atom stereocenters. The van der Waals surface area contributed by atoms with Crippen molar-refractivity contribution in [3.05, 3.63) is 35.1 Å². The Morgan fingerprint density at radius 1 is 1.10 bits per heavy atom. The summed E-state index contributed by atoms with van der Waals surface area (Å²) in [4.78, 5) is 0. The zero-order chi connectivity index (χ0) is 16.0. The van der Waals surface area contributed by atoms with Crippen LogP contribution in [0.5, 0.6) is 0 Å². The van der Waals surface area contributed by atoms with E-state index in [4.69, 9.17) is 0 Å². The maximum atomic E-state index is 13.5. The van der Waals surface area contributed by atoms with Gasteiger partial charge in [0.25, 0.3) is 0 Å². The molecule has 1 nitrogen and oxygen atoms in total. The number of hydrogen-bond donors (Lipinski definition) is 1. The maximum absolute atomic E-state index is 13.5. The fraction of sp³-hybridized carbons (Fsp3) is 0.625. The normalized spacial score (nSPS) is 13.7. The third-order valence-corrected chi connectivity index (χ3v) is 3.79. The lowest BCUT2D eigenvalue weighted by Gasteiger charge is -2.29. The van der Waals surface area contributed by atoms with Crippen LogP contribution >= 0.6 is 0 Å². The van der Waals surface area contributed by atoms with Crippen LogP contribution in [0, 0.1) is 11.7 Å². The van der Waals surface area contributed by atoms with Crippen molar-refractivity contribution < 1.29 is 17.6 Å². The minimum absolute atomic E-state index is 0.0182. The molecule has 0 saturated heterocycles.